The van der Waals surface area contributed by atoms with Crippen molar-refractivity contribution in [2.75, 3.05) is 18.0 Å². The molecule has 9 nitrogen and oxygen atoms in total. The second kappa shape index (κ2) is 8.44. The van der Waals surface area contributed by atoms with Gasteiger partial charge >= 0.3 is 5.97 Å². The average Bonchev–Trinajstić information content (AvgIpc) is 3.14. The molecule has 0 bridgehead atoms. The minimum atomic E-state index is -4.08. The van der Waals surface area contributed by atoms with E-state index in [-0.39, 0.29) is 49.5 Å². The van der Waals surface area contributed by atoms with Gasteiger partial charge in [0.05, 0.1) is 22.6 Å². The van der Waals surface area contributed by atoms with E-state index in [0.29, 0.717) is 11.3 Å². The van der Waals surface area contributed by atoms with Crippen LogP contribution in [0.2, 0.25) is 0 Å². The van der Waals surface area contributed by atoms with Crippen LogP contribution in [0.1, 0.15) is 45.6 Å². The number of pyridine rings is 1. The quantitative estimate of drug-likeness (QED) is 0.653. The van der Waals surface area contributed by atoms with Gasteiger partial charge in [-0.25, -0.2) is 22.6 Å². The smallest absolute Gasteiger partial charge is 0.340 e. The first kappa shape index (κ1) is 22.7. The molecule has 0 saturated carbocycles. The molecule has 3 heterocycles. The summed E-state index contributed by atoms with van der Waals surface area (Å²) in [6.45, 7) is 1.94. The van der Waals surface area contributed by atoms with E-state index in [0.717, 1.165) is 5.56 Å². The molecule has 0 radical (unpaired) electrons. The number of sulfonamides is 1. The van der Waals surface area contributed by atoms with Crippen molar-refractivity contribution < 1.29 is 27.1 Å². The molecule has 2 aliphatic rings. The number of benzene rings is 1. The van der Waals surface area contributed by atoms with Crippen molar-refractivity contribution in [1.82, 2.24) is 9.71 Å². The Labute approximate surface area is 190 Å². The number of rotatable bonds is 5. The van der Waals surface area contributed by atoms with Gasteiger partial charge in [0.25, 0.3) is 5.91 Å². The van der Waals surface area contributed by atoms with Gasteiger partial charge in [0, 0.05) is 25.9 Å². The number of carbonyl (C=O) groups is 2. The first-order valence-electron chi connectivity index (χ1n) is 10.3. The second-order valence-electron chi connectivity index (χ2n) is 8.17. The van der Waals surface area contributed by atoms with Gasteiger partial charge in [-0.15, -0.1) is 0 Å². The molecule has 172 valence electrons. The van der Waals surface area contributed by atoms with Crippen molar-refractivity contribution in [3.63, 3.8) is 0 Å². The molecular formula is C22H21FN4O5S. The van der Waals surface area contributed by atoms with Crippen LogP contribution in [0.5, 0.6) is 0 Å². The Balaban J connectivity index is 1.43. The zero-order valence-electron chi connectivity index (χ0n) is 17.8. The van der Waals surface area contributed by atoms with Gasteiger partial charge in [-0.1, -0.05) is 29.8 Å². The van der Waals surface area contributed by atoms with E-state index in [1.807, 2.05) is 17.7 Å². The highest BCUT2D eigenvalue weighted by Gasteiger charge is 2.44. The van der Waals surface area contributed by atoms with Crippen LogP contribution in [0.3, 0.4) is 0 Å². The lowest BCUT2D eigenvalue weighted by molar-refractivity contribution is -0.132. The Morgan fingerprint density at radius 3 is 2.61 bits per heavy atom. The van der Waals surface area contributed by atoms with Gasteiger partial charge in [0.15, 0.2) is 5.67 Å². The molecule has 33 heavy (non-hydrogen) atoms. The number of esters is 1. The molecule has 11 heteroatoms. The van der Waals surface area contributed by atoms with E-state index in [1.165, 1.54) is 6.07 Å². The molecule has 2 aliphatic heterocycles. The minimum Gasteiger partial charge on any atom is -0.455 e. The topological polar surface area (TPSA) is 129 Å². The number of alkyl halides is 1. The average molecular weight is 472 g/mol. The number of aryl methyl sites for hydroxylation is 1. The number of halogens is 1. The maximum absolute atomic E-state index is 15.4. The van der Waals surface area contributed by atoms with Crippen LogP contribution in [-0.2, 0) is 31.9 Å². The van der Waals surface area contributed by atoms with Gasteiger partial charge in [-0.05, 0) is 18.6 Å². The zero-order valence-corrected chi connectivity index (χ0v) is 18.6. The molecule has 1 aromatic heterocycles. The van der Waals surface area contributed by atoms with Crippen LogP contribution in [0.15, 0.2) is 30.3 Å². The summed E-state index contributed by atoms with van der Waals surface area (Å²) in [5, 5.41) is 9.45. The molecule has 1 amide bonds. The summed E-state index contributed by atoms with van der Waals surface area (Å²) in [4.78, 5) is 30.2. The van der Waals surface area contributed by atoms with Crippen LogP contribution in [0, 0.1) is 18.3 Å². The van der Waals surface area contributed by atoms with Gasteiger partial charge in [0.1, 0.15) is 18.5 Å². The third kappa shape index (κ3) is 4.66. The first-order valence-corrected chi connectivity index (χ1v) is 11.9. The van der Waals surface area contributed by atoms with Gasteiger partial charge in [-0.2, -0.15) is 5.26 Å². The minimum absolute atomic E-state index is 0.00495. The standard InChI is InChI=1S/C22H21FN4O5S/c1-14-2-4-15(5-3-14)13-33(30,31)26-21(29)22(23)6-8-27(9-7-22)19-16(11-24)10-17-18(25-19)12-32-20(17)28/h2-5,10H,6-9,12-13H2,1H3,(H,26,29). The molecule has 0 aliphatic carbocycles. The highest BCUT2D eigenvalue weighted by Crippen LogP contribution is 2.32. The number of ether oxygens (including phenoxy) is 1. The van der Waals surface area contributed by atoms with Gasteiger partial charge < -0.3 is 9.64 Å². The number of carbonyl (C=O) groups excluding carboxylic acids is 2. The Bertz CT molecular complexity index is 1260. The van der Waals surface area contributed by atoms with E-state index >= 15 is 4.39 Å². The Morgan fingerprint density at radius 2 is 1.97 bits per heavy atom. The number of cyclic esters (lactones) is 1. The lowest BCUT2D eigenvalue weighted by Crippen LogP contribution is -2.52. The summed E-state index contributed by atoms with van der Waals surface area (Å²) >= 11 is 0. The predicted octanol–water partition coefficient (Wildman–Crippen LogP) is 1.89. The number of nitrogens with zero attached hydrogens (tertiary/aromatic N) is 3. The van der Waals surface area contributed by atoms with Gasteiger partial charge in [0.2, 0.25) is 10.0 Å². The van der Waals surface area contributed by atoms with Crippen LogP contribution < -0.4 is 9.62 Å². The highest BCUT2D eigenvalue weighted by molar-refractivity contribution is 7.89. The zero-order chi connectivity index (χ0) is 23.8. The molecule has 4 rings (SSSR count). The third-order valence-electron chi connectivity index (χ3n) is 5.75. The summed E-state index contributed by atoms with van der Waals surface area (Å²) in [7, 11) is -4.08. The van der Waals surface area contributed by atoms with E-state index in [9.17, 15) is 23.3 Å². The number of nitriles is 1. The van der Waals surface area contributed by atoms with Crippen LogP contribution in [-0.4, -0.2) is 44.0 Å². The van der Waals surface area contributed by atoms with E-state index in [2.05, 4.69) is 4.98 Å². The van der Waals surface area contributed by atoms with Crippen molar-refractivity contribution in [3.8, 4) is 6.07 Å². The summed E-state index contributed by atoms with van der Waals surface area (Å²) < 4.78 is 46.9. The molecule has 1 saturated heterocycles. The van der Waals surface area contributed by atoms with Crippen LogP contribution >= 0.6 is 0 Å². The normalized spacial score (nSPS) is 17.1. The summed E-state index contributed by atoms with van der Waals surface area (Å²) in [5.74, 6) is -1.91. The number of fused-ring (bicyclic) bond motifs is 1. The number of anilines is 1. The number of hydrogen-bond acceptors (Lipinski definition) is 8. The fourth-order valence-electron chi connectivity index (χ4n) is 3.83. The van der Waals surface area contributed by atoms with Crippen molar-refractivity contribution in [2.24, 2.45) is 0 Å². The lowest BCUT2D eigenvalue weighted by atomic mass is 9.92. The lowest BCUT2D eigenvalue weighted by Gasteiger charge is -2.36. The van der Waals surface area contributed by atoms with Crippen molar-refractivity contribution in [3.05, 3.63) is 58.3 Å². The van der Waals surface area contributed by atoms with E-state index < -0.39 is 33.3 Å². The van der Waals surface area contributed by atoms with Crippen LogP contribution in [0.4, 0.5) is 10.2 Å². The Hall–Kier alpha value is -3.52. The largest absolute Gasteiger partial charge is 0.455 e. The number of piperidine rings is 1. The number of nitrogens with one attached hydrogen (secondary N) is 1. The van der Waals surface area contributed by atoms with E-state index in [4.69, 9.17) is 4.74 Å². The number of amides is 1. The SMILES string of the molecule is Cc1ccc(CS(=O)(=O)NC(=O)C2(F)CCN(c3nc4c(cc3C#N)C(=O)OC4)CC2)cc1. The fourth-order valence-corrected chi connectivity index (χ4v) is 5.00. The highest BCUT2D eigenvalue weighted by atomic mass is 32.2. The third-order valence-corrected chi connectivity index (χ3v) is 6.96. The van der Waals surface area contributed by atoms with Crippen LogP contribution in [0.25, 0.3) is 0 Å². The number of aromatic nitrogens is 1. The molecule has 1 aromatic carbocycles. The number of hydrogen-bond donors (Lipinski definition) is 1. The Morgan fingerprint density at radius 1 is 1.30 bits per heavy atom. The first-order chi connectivity index (χ1) is 15.6. The van der Waals surface area contributed by atoms with Crippen molar-refractivity contribution in [2.45, 2.75) is 37.8 Å². The molecule has 0 unspecified atom stereocenters. The molecule has 1 fully saturated rings. The summed E-state index contributed by atoms with van der Waals surface area (Å²) in [6.07, 6.45) is -0.560. The van der Waals surface area contributed by atoms with Crippen molar-refractivity contribution in [1.29, 1.82) is 5.26 Å². The summed E-state index contributed by atoms with van der Waals surface area (Å²) in [5.41, 5.74) is -0.163. The molecule has 1 N–H and O–H groups in total. The fraction of sp³-hybridized carbons (Fsp3) is 0.364. The van der Waals surface area contributed by atoms with Gasteiger partial charge in [-0.3, -0.25) is 9.52 Å². The second-order valence-corrected chi connectivity index (χ2v) is 9.89. The molecule has 2 aromatic rings. The molecule has 0 atom stereocenters. The maximum Gasteiger partial charge on any atom is 0.340 e. The summed E-state index contributed by atoms with van der Waals surface area (Å²) in [6, 6.07) is 10.2. The maximum atomic E-state index is 15.4. The van der Waals surface area contributed by atoms with E-state index in [1.54, 1.807) is 29.2 Å². The monoisotopic (exact) mass is 472 g/mol. The van der Waals surface area contributed by atoms with Crippen molar-refractivity contribution >= 4 is 27.7 Å². The molecule has 0 spiro atoms. The predicted molar refractivity (Wildman–Crippen MR) is 115 cm³/mol. The Kier molecular flexibility index (Phi) is 5.80. The molecular weight excluding hydrogens is 451 g/mol.